The third-order valence-corrected chi connectivity index (χ3v) is 5.49. The predicted molar refractivity (Wildman–Crippen MR) is 102 cm³/mol. The topological polar surface area (TPSA) is 77.6 Å². The maximum absolute atomic E-state index is 8.38. The van der Waals surface area contributed by atoms with E-state index >= 15 is 0 Å². The smallest absolute Gasteiger partial charge is 0.896 e. The molecule has 0 atom stereocenters. The summed E-state index contributed by atoms with van der Waals surface area (Å²) in [5.74, 6) is 0. The van der Waals surface area contributed by atoms with Crippen LogP contribution in [0, 0.1) is 0 Å². The van der Waals surface area contributed by atoms with Crippen LogP contribution >= 0.6 is 7.92 Å². The second-order valence-corrected chi connectivity index (χ2v) is 6.68. The molecule has 3 aromatic rings. The van der Waals surface area contributed by atoms with Crippen LogP contribution in [-0.4, -0.2) is 50.9 Å². The summed E-state index contributed by atoms with van der Waals surface area (Å²) in [5, 5.41) is 20.9. The Bertz CT molecular complexity index is 563. The first kappa shape index (κ1) is 23.3. The summed E-state index contributed by atoms with van der Waals surface area (Å²) in [4.78, 5) is 0. The SMILES string of the molecule is O.[Ca+2].[O-]B[O-].c1ccc(P(c2ccccc2)c2ccccc2)cc1. The van der Waals surface area contributed by atoms with Gasteiger partial charge in [-0.15, -0.1) is 7.69 Å². The van der Waals surface area contributed by atoms with Gasteiger partial charge in [0.1, 0.15) is 0 Å². The van der Waals surface area contributed by atoms with Crippen molar-refractivity contribution in [2.45, 2.75) is 0 Å². The first-order valence-electron chi connectivity index (χ1n) is 6.98. The van der Waals surface area contributed by atoms with E-state index in [1.54, 1.807) is 0 Å². The Kier molecular flexibility index (Phi) is 13.2. The Morgan fingerprint density at radius 2 is 0.750 bits per heavy atom. The number of benzene rings is 3. The van der Waals surface area contributed by atoms with Gasteiger partial charge in [0, 0.05) is 0 Å². The summed E-state index contributed by atoms with van der Waals surface area (Å²) in [6.45, 7) is 0. The normalized spacial score (nSPS) is 8.96. The Morgan fingerprint density at radius 3 is 0.958 bits per heavy atom. The van der Waals surface area contributed by atoms with Crippen molar-refractivity contribution >= 4 is 69.3 Å². The number of hydrogen-bond donors (Lipinski definition) is 0. The molecule has 118 valence electrons. The van der Waals surface area contributed by atoms with Gasteiger partial charge in [-0.2, -0.15) is 0 Å². The minimum atomic E-state index is -1.25. The van der Waals surface area contributed by atoms with Crippen LogP contribution < -0.4 is 26.0 Å². The van der Waals surface area contributed by atoms with Crippen LogP contribution in [0.3, 0.4) is 0 Å². The van der Waals surface area contributed by atoms with Gasteiger partial charge in [0.15, 0.2) is 0 Å². The number of rotatable bonds is 3. The van der Waals surface area contributed by atoms with Crippen LogP contribution in [0.5, 0.6) is 0 Å². The molecule has 0 aliphatic carbocycles. The van der Waals surface area contributed by atoms with E-state index in [1.165, 1.54) is 15.9 Å². The fourth-order valence-corrected chi connectivity index (χ4v) is 4.48. The molecule has 0 unspecified atom stereocenters. The van der Waals surface area contributed by atoms with E-state index in [1.807, 2.05) is 0 Å². The minimum absolute atomic E-state index is 0. The second-order valence-electron chi connectivity index (χ2n) is 4.46. The average Bonchev–Trinajstić information content (AvgIpc) is 2.59. The van der Waals surface area contributed by atoms with Crippen LogP contribution in [0.25, 0.3) is 0 Å². The zero-order valence-corrected chi connectivity index (χ0v) is 16.4. The first-order chi connectivity index (χ1) is 10.9. The van der Waals surface area contributed by atoms with Crippen molar-refractivity contribution in [2.24, 2.45) is 0 Å². The van der Waals surface area contributed by atoms with Crippen molar-refractivity contribution in [1.29, 1.82) is 0 Å². The monoisotopic (exact) mass is 364 g/mol. The Hall–Kier alpha value is -0.705. The Morgan fingerprint density at radius 1 is 0.542 bits per heavy atom. The number of hydrogen-bond acceptors (Lipinski definition) is 2. The van der Waals surface area contributed by atoms with Crippen molar-refractivity contribution in [3.05, 3.63) is 91.0 Å². The molecule has 0 radical (unpaired) electrons. The van der Waals surface area contributed by atoms with Gasteiger partial charge in [0.2, 0.25) is 0 Å². The van der Waals surface area contributed by atoms with Crippen LogP contribution in [0.15, 0.2) is 91.0 Å². The Balaban J connectivity index is 0.000000988. The van der Waals surface area contributed by atoms with Crippen LogP contribution in [0.1, 0.15) is 0 Å². The van der Waals surface area contributed by atoms with Gasteiger partial charge in [0.25, 0.3) is 0 Å². The van der Waals surface area contributed by atoms with Crippen LogP contribution in [0.2, 0.25) is 0 Å². The van der Waals surface area contributed by atoms with E-state index in [4.69, 9.17) is 10.0 Å². The van der Waals surface area contributed by atoms with Crippen molar-refractivity contribution in [1.82, 2.24) is 0 Å². The third kappa shape index (κ3) is 7.04. The van der Waals surface area contributed by atoms with Gasteiger partial charge >= 0.3 is 37.7 Å². The van der Waals surface area contributed by atoms with E-state index < -0.39 is 15.6 Å². The molecule has 0 saturated carbocycles. The van der Waals surface area contributed by atoms with E-state index in [9.17, 15) is 0 Å². The molecule has 0 amide bonds. The molecular formula is C18H18BCaO3P. The fraction of sp³-hybridized carbons (Fsp3) is 0. The molecule has 3 nitrogen and oxygen atoms in total. The van der Waals surface area contributed by atoms with Crippen molar-refractivity contribution in [3.63, 3.8) is 0 Å². The van der Waals surface area contributed by atoms with Gasteiger partial charge in [-0.25, -0.2) is 0 Å². The molecule has 6 heteroatoms. The molecule has 0 spiro atoms. The molecule has 0 saturated heterocycles. The third-order valence-electron chi connectivity index (χ3n) is 3.04. The van der Waals surface area contributed by atoms with Crippen molar-refractivity contribution < 1.29 is 15.5 Å². The van der Waals surface area contributed by atoms with Gasteiger partial charge in [-0.1, -0.05) is 91.0 Å². The Labute approximate surface area is 174 Å². The maximum Gasteiger partial charge on any atom is 2.00 e. The van der Waals surface area contributed by atoms with Gasteiger partial charge < -0.3 is 15.5 Å². The minimum Gasteiger partial charge on any atom is -0.896 e. The second kappa shape index (κ2) is 13.6. The van der Waals surface area contributed by atoms with Crippen LogP contribution in [-0.2, 0) is 0 Å². The largest absolute Gasteiger partial charge is 2.00 e. The molecular weight excluding hydrogens is 346 g/mol. The van der Waals surface area contributed by atoms with Crippen LogP contribution in [0.4, 0.5) is 0 Å². The predicted octanol–water partition coefficient (Wildman–Crippen LogP) is -0.787. The summed E-state index contributed by atoms with van der Waals surface area (Å²) < 4.78 is 0. The van der Waals surface area contributed by atoms with E-state index in [0.29, 0.717) is 0 Å². The van der Waals surface area contributed by atoms with Crippen molar-refractivity contribution in [2.75, 3.05) is 0 Å². The van der Waals surface area contributed by atoms with Gasteiger partial charge in [0.05, 0.1) is 0 Å². The van der Waals surface area contributed by atoms with Gasteiger partial charge in [-0.05, 0) is 23.8 Å². The summed E-state index contributed by atoms with van der Waals surface area (Å²) in [5.41, 5.74) is 0. The molecule has 0 bridgehead atoms. The fourth-order valence-electron chi connectivity index (χ4n) is 2.18. The summed E-state index contributed by atoms with van der Waals surface area (Å²) in [6, 6.07) is 32.3. The standard InChI is InChI=1S/C18H15P.BHO2.Ca.H2O/c1-4-10-16(11-5-1)19(17-12-6-2-7-13-17)18-14-8-3-9-15-18;2-1-3;;/h1-15H;1H;;1H2/q;-2;+2;. The molecule has 2 N–H and O–H groups in total. The molecule has 0 aliphatic heterocycles. The van der Waals surface area contributed by atoms with E-state index in [0.717, 1.165) is 0 Å². The summed E-state index contributed by atoms with van der Waals surface area (Å²) in [6.07, 6.45) is 0. The maximum atomic E-state index is 8.38. The average molecular weight is 364 g/mol. The summed E-state index contributed by atoms with van der Waals surface area (Å²) >= 11 is 0. The van der Waals surface area contributed by atoms with Gasteiger partial charge in [-0.3, -0.25) is 0 Å². The molecule has 0 aromatic heterocycles. The van der Waals surface area contributed by atoms with E-state index in [2.05, 4.69) is 91.0 Å². The van der Waals surface area contributed by atoms with Crippen molar-refractivity contribution in [3.8, 4) is 0 Å². The zero-order valence-electron chi connectivity index (χ0n) is 13.3. The summed E-state index contributed by atoms with van der Waals surface area (Å²) in [7, 11) is -1.70. The molecule has 3 rings (SSSR count). The first-order valence-corrected chi connectivity index (χ1v) is 8.32. The molecule has 0 aliphatic rings. The molecule has 0 heterocycles. The molecule has 0 fully saturated rings. The zero-order chi connectivity index (χ0) is 15.6. The molecule has 24 heavy (non-hydrogen) atoms. The van der Waals surface area contributed by atoms with E-state index in [-0.39, 0.29) is 43.2 Å². The molecule has 3 aromatic carbocycles. The quantitative estimate of drug-likeness (QED) is 0.451.